The smallest absolute Gasteiger partial charge is 0.194 e. The highest BCUT2D eigenvalue weighted by Crippen LogP contribution is 2.39. The third-order valence-corrected chi connectivity index (χ3v) is 6.80. The Balaban J connectivity index is 1.29. The Morgan fingerprint density at radius 1 is 1.10 bits per heavy atom. The van der Waals surface area contributed by atoms with Crippen LogP contribution in [0, 0.1) is 0 Å². The third-order valence-electron chi connectivity index (χ3n) is 6.80. The van der Waals surface area contributed by atoms with Gasteiger partial charge in [-0.25, -0.2) is 0 Å². The fourth-order valence-corrected chi connectivity index (χ4v) is 5.30. The predicted octanol–water partition coefficient (Wildman–Crippen LogP) is 2.73. The number of fused-ring (bicyclic) bond motifs is 3. The van der Waals surface area contributed by atoms with E-state index in [1.54, 1.807) is 16.9 Å². The maximum atomic E-state index is 10.7. The van der Waals surface area contributed by atoms with Crippen molar-refractivity contribution < 1.29 is 9.84 Å². The second-order valence-corrected chi connectivity index (χ2v) is 8.86. The zero-order valence-electron chi connectivity index (χ0n) is 17.5. The highest BCUT2D eigenvalue weighted by Gasteiger charge is 2.38. The summed E-state index contributed by atoms with van der Waals surface area (Å²) in [6.07, 6.45) is 8.55. The fourth-order valence-electron chi connectivity index (χ4n) is 5.30. The summed E-state index contributed by atoms with van der Waals surface area (Å²) >= 11 is 0. The van der Waals surface area contributed by atoms with Crippen LogP contribution >= 0.6 is 0 Å². The molecule has 6 rings (SSSR count). The van der Waals surface area contributed by atoms with Crippen molar-refractivity contribution in [3.63, 3.8) is 0 Å². The van der Waals surface area contributed by atoms with Crippen molar-refractivity contribution in [2.45, 2.75) is 43.8 Å². The van der Waals surface area contributed by atoms with Crippen LogP contribution in [0.15, 0.2) is 36.7 Å². The molecule has 0 saturated carbocycles. The molecular weight excluding hydrogens is 392 g/mol. The van der Waals surface area contributed by atoms with Gasteiger partial charge in [0, 0.05) is 48.6 Å². The number of nitrogens with one attached hydrogen (secondary N) is 1. The highest BCUT2D eigenvalue weighted by molar-refractivity contribution is 5.75. The van der Waals surface area contributed by atoms with Crippen LogP contribution < -0.4 is 15.0 Å². The summed E-state index contributed by atoms with van der Waals surface area (Å²) in [7, 11) is 1.87. The molecule has 2 fully saturated rings. The van der Waals surface area contributed by atoms with E-state index in [9.17, 15) is 5.11 Å². The molecule has 0 amide bonds. The molecule has 160 valence electrons. The van der Waals surface area contributed by atoms with Gasteiger partial charge in [-0.05, 0) is 43.4 Å². The SMILES string of the molecule is Cn1cc(-c2ccc(-c3cc4c(nn3)N(C3CC5CC[C@H](C3)N5)CCO4)c(O)c2)cn1. The molecule has 2 saturated heterocycles. The van der Waals surface area contributed by atoms with Gasteiger partial charge < -0.3 is 20.1 Å². The molecule has 3 aliphatic rings. The number of anilines is 1. The molecule has 2 N–H and O–H groups in total. The molecule has 2 unspecified atom stereocenters. The van der Waals surface area contributed by atoms with Crippen molar-refractivity contribution in [2.75, 3.05) is 18.1 Å². The Morgan fingerprint density at radius 3 is 2.68 bits per heavy atom. The summed E-state index contributed by atoms with van der Waals surface area (Å²) in [5.74, 6) is 1.74. The van der Waals surface area contributed by atoms with E-state index in [-0.39, 0.29) is 5.75 Å². The molecule has 2 aromatic heterocycles. The van der Waals surface area contributed by atoms with Gasteiger partial charge in [0.1, 0.15) is 18.1 Å². The summed E-state index contributed by atoms with van der Waals surface area (Å²) in [4.78, 5) is 2.38. The zero-order chi connectivity index (χ0) is 20.9. The van der Waals surface area contributed by atoms with Gasteiger partial charge in [0.05, 0.1) is 12.7 Å². The molecular formula is C23H26N6O2. The molecule has 31 heavy (non-hydrogen) atoms. The van der Waals surface area contributed by atoms with Crippen LogP contribution in [0.3, 0.4) is 0 Å². The first kappa shape index (κ1) is 18.6. The van der Waals surface area contributed by atoms with Gasteiger partial charge in [-0.1, -0.05) is 6.07 Å². The van der Waals surface area contributed by atoms with Gasteiger partial charge >= 0.3 is 0 Å². The molecule has 0 radical (unpaired) electrons. The quantitative estimate of drug-likeness (QED) is 0.676. The van der Waals surface area contributed by atoms with Crippen molar-refractivity contribution >= 4 is 5.82 Å². The van der Waals surface area contributed by atoms with E-state index >= 15 is 0 Å². The average molecular weight is 419 g/mol. The molecule has 0 spiro atoms. The van der Waals surface area contributed by atoms with Gasteiger partial charge in [0.2, 0.25) is 0 Å². The third kappa shape index (κ3) is 3.31. The van der Waals surface area contributed by atoms with Crippen LogP contribution in [-0.4, -0.2) is 56.4 Å². The van der Waals surface area contributed by atoms with E-state index in [1.807, 2.05) is 31.4 Å². The van der Waals surface area contributed by atoms with E-state index in [1.165, 1.54) is 12.8 Å². The minimum absolute atomic E-state index is 0.165. The lowest BCUT2D eigenvalue weighted by Crippen LogP contribution is -2.50. The first-order valence-electron chi connectivity index (χ1n) is 11.0. The molecule has 3 aromatic rings. The second kappa shape index (κ2) is 7.23. The number of aromatic hydroxyl groups is 1. The largest absolute Gasteiger partial charge is 0.507 e. The lowest BCUT2D eigenvalue weighted by molar-refractivity contribution is 0.274. The van der Waals surface area contributed by atoms with Crippen LogP contribution in [-0.2, 0) is 7.05 Å². The lowest BCUT2D eigenvalue weighted by atomic mass is 9.97. The summed E-state index contributed by atoms with van der Waals surface area (Å²) in [6, 6.07) is 9.21. The maximum Gasteiger partial charge on any atom is 0.194 e. The number of aryl methyl sites for hydroxylation is 1. The van der Waals surface area contributed by atoms with Gasteiger partial charge in [-0.3, -0.25) is 4.68 Å². The maximum absolute atomic E-state index is 10.7. The van der Waals surface area contributed by atoms with E-state index in [0.717, 1.165) is 42.1 Å². The van der Waals surface area contributed by atoms with Crippen LogP contribution in [0.4, 0.5) is 5.82 Å². The van der Waals surface area contributed by atoms with E-state index in [2.05, 4.69) is 25.5 Å². The molecule has 1 aromatic carbocycles. The number of piperidine rings is 1. The Kier molecular flexibility index (Phi) is 4.34. The van der Waals surface area contributed by atoms with Crippen LogP contribution in [0.25, 0.3) is 22.4 Å². The number of rotatable bonds is 3. The molecule has 3 atom stereocenters. The molecule has 3 aliphatic heterocycles. The van der Waals surface area contributed by atoms with Crippen LogP contribution in [0.1, 0.15) is 25.7 Å². The standard InChI is InChI=1S/C23H26N6O2/c1-28-13-15(12-24-28)14-2-5-19(21(30)8-14)20-11-22-23(27-26-20)29(6-7-31-22)18-9-16-3-4-17(10-18)25-16/h2,5,8,11-13,16-18,25,30H,3-4,6-7,9-10H2,1H3/t16-,17?,18?/m1/s1. The van der Waals surface area contributed by atoms with Gasteiger partial charge in [0.15, 0.2) is 11.6 Å². The van der Waals surface area contributed by atoms with Crippen LogP contribution in [0.5, 0.6) is 11.5 Å². The normalized spacial score (nSPS) is 24.7. The monoisotopic (exact) mass is 418 g/mol. The fraction of sp³-hybridized carbons (Fsp3) is 0.435. The Labute approximate surface area is 180 Å². The molecule has 2 bridgehead atoms. The Hall–Kier alpha value is -3.13. The number of ether oxygens (including phenoxy) is 1. The number of hydrogen-bond donors (Lipinski definition) is 2. The first-order valence-corrected chi connectivity index (χ1v) is 11.0. The van der Waals surface area contributed by atoms with Crippen LogP contribution in [0.2, 0.25) is 0 Å². The Morgan fingerprint density at radius 2 is 1.94 bits per heavy atom. The van der Waals surface area contributed by atoms with Crippen molar-refractivity contribution in [2.24, 2.45) is 7.05 Å². The zero-order valence-corrected chi connectivity index (χ0v) is 17.5. The Bertz CT molecular complexity index is 1120. The number of aromatic nitrogens is 4. The molecule has 8 nitrogen and oxygen atoms in total. The minimum atomic E-state index is 0.165. The van der Waals surface area contributed by atoms with E-state index in [0.29, 0.717) is 36.0 Å². The number of hydrogen-bond acceptors (Lipinski definition) is 7. The van der Waals surface area contributed by atoms with Crippen molar-refractivity contribution in [3.8, 4) is 33.9 Å². The predicted molar refractivity (Wildman–Crippen MR) is 117 cm³/mol. The number of nitrogens with zero attached hydrogens (tertiary/aromatic N) is 5. The van der Waals surface area contributed by atoms with Gasteiger partial charge in [0.25, 0.3) is 0 Å². The second-order valence-electron chi connectivity index (χ2n) is 8.86. The van der Waals surface area contributed by atoms with E-state index in [4.69, 9.17) is 4.74 Å². The number of phenolic OH excluding ortho intramolecular Hbond substituents is 1. The molecule has 5 heterocycles. The van der Waals surface area contributed by atoms with Crippen molar-refractivity contribution in [3.05, 3.63) is 36.7 Å². The summed E-state index contributed by atoms with van der Waals surface area (Å²) < 4.78 is 7.70. The summed E-state index contributed by atoms with van der Waals surface area (Å²) in [5, 5.41) is 27.6. The number of benzene rings is 1. The number of phenols is 1. The summed E-state index contributed by atoms with van der Waals surface area (Å²) in [5.41, 5.74) is 3.11. The van der Waals surface area contributed by atoms with Gasteiger partial charge in [-0.15, -0.1) is 10.2 Å². The highest BCUT2D eigenvalue weighted by atomic mass is 16.5. The first-order chi connectivity index (χ1) is 15.1. The van der Waals surface area contributed by atoms with Crippen molar-refractivity contribution in [1.82, 2.24) is 25.3 Å². The van der Waals surface area contributed by atoms with E-state index < -0.39 is 0 Å². The van der Waals surface area contributed by atoms with Gasteiger partial charge in [-0.2, -0.15) is 5.10 Å². The topological polar surface area (TPSA) is 88.3 Å². The van der Waals surface area contributed by atoms with Crippen molar-refractivity contribution in [1.29, 1.82) is 0 Å². The molecule has 0 aliphatic carbocycles. The molecule has 8 heteroatoms. The lowest BCUT2D eigenvalue weighted by Gasteiger charge is -2.40. The summed E-state index contributed by atoms with van der Waals surface area (Å²) in [6.45, 7) is 1.49. The average Bonchev–Trinajstić information content (AvgIpc) is 3.37. The minimum Gasteiger partial charge on any atom is -0.507 e.